The molecule has 0 radical (unpaired) electrons. The molecule has 0 aromatic carbocycles. The van der Waals surface area contributed by atoms with Crippen LogP contribution >= 0.6 is 0 Å². The van der Waals surface area contributed by atoms with E-state index in [2.05, 4.69) is 20.6 Å². The molecule has 1 aromatic heterocycles. The number of anilines is 2. The number of aromatic nitrogens is 2. The van der Waals surface area contributed by atoms with E-state index in [0.717, 1.165) is 31.0 Å². The third-order valence-electron chi connectivity index (χ3n) is 2.49. The Kier molecular flexibility index (Phi) is 3.01. The van der Waals surface area contributed by atoms with E-state index >= 15 is 0 Å². The fraction of sp³-hybridized carbons (Fsp3) is 0.600. The maximum absolute atomic E-state index is 9.15. The Balaban J connectivity index is 1.93. The average Bonchev–Trinajstić information content (AvgIpc) is 2.17. The van der Waals surface area contributed by atoms with Gasteiger partial charge in [-0.1, -0.05) is 0 Å². The lowest BCUT2D eigenvalue weighted by atomic mass is 9.89. The van der Waals surface area contributed by atoms with Crippen LogP contribution in [0.15, 0.2) is 12.4 Å². The van der Waals surface area contributed by atoms with Crippen LogP contribution in [0.1, 0.15) is 19.8 Å². The lowest BCUT2D eigenvalue weighted by molar-refractivity contribution is 0.0835. The Labute approximate surface area is 88.9 Å². The normalized spacial score (nSPS) is 24.4. The zero-order valence-corrected chi connectivity index (χ0v) is 8.77. The Morgan fingerprint density at radius 2 is 2.13 bits per heavy atom. The Morgan fingerprint density at radius 1 is 1.40 bits per heavy atom. The van der Waals surface area contributed by atoms with E-state index < -0.39 is 0 Å². The van der Waals surface area contributed by atoms with Crippen LogP contribution in [-0.4, -0.2) is 33.8 Å². The van der Waals surface area contributed by atoms with Crippen LogP contribution in [-0.2, 0) is 0 Å². The number of rotatable bonds is 4. The highest BCUT2D eigenvalue weighted by molar-refractivity contribution is 5.47. The van der Waals surface area contributed by atoms with E-state index in [0.29, 0.717) is 6.04 Å². The van der Waals surface area contributed by atoms with Crippen LogP contribution in [0, 0.1) is 0 Å². The molecule has 5 heteroatoms. The van der Waals surface area contributed by atoms with Gasteiger partial charge in [0.15, 0.2) is 0 Å². The van der Waals surface area contributed by atoms with E-state index in [1.165, 1.54) is 6.33 Å². The first-order valence-corrected chi connectivity index (χ1v) is 5.28. The summed E-state index contributed by atoms with van der Waals surface area (Å²) >= 11 is 0. The molecule has 1 aliphatic carbocycles. The summed E-state index contributed by atoms with van der Waals surface area (Å²) in [6.45, 7) is 2.87. The molecule has 82 valence electrons. The van der Waals surface area contributed by atoms with Gasteiger partial charge in [-0.2, -0.15) is 0 Å². The summed E-state index contributed by atoms with van der Waals surface area (Å²) < 4.78 is 0. The number of nitrogens with one attached hydrogen (secondary N) is 2. The van der Waals surface area contributed by atoms with Crippen molar-refractivity contribution in [3.8, 4) is 0 Å². The first-order valence-electron chi connectivity index (χ1n) is 5.28. The van der Waals surface area contributed by atoms with Gasteiger partial charge in [0.2, 0.25) is 0 Å². The third-order valence-corrected chi connectivity index (χ3v) is 2.49. The minimum atomic E-state index is -0.141. The smallest absolute Gasteiger partial charge is 0.131 e. The number of aliphatic hydroxyl groups is 1. The molecule has 0 bridgehead atoms. The zero-order chi connectivity index (χ0) is 10.7. The molecule has 15 heavy (non-hydrogen) atoms. The standard InChI is InChI=1S/C10H16N4O/c1-2-11-9-5-10(13-6-12-9)14-7-3-8(15)4-7/h5-8,15H,2-4H2,1H3,(H2,11,12,13,14). The van der Waals surface area contributed by atoms with Gasteiger partial charge in [0.1, 0.15) is 18.0 Å². The van der Waals surface area contributed by atoms with Gasteiger partial charge in [0, 0.05) is 18.7 Å². The molecule has 1 aliphatic rings. The van der Waals surface area contributed by atoms with Crippen molar-refractivity contribution in [3.63, 3.8) is 0 Å². The summed E-state index contributed by atoms with van der Waals surface area (Å²) in [4.78, 5) is 8.21. The van der Waals surface area contributed by atoms with Crippen molar-refractivity contribution in [1.29, 1.82) is 0 Å². The Bertz CT molecular complexity index is 325. The first kappa shape index (κ1) is 10.2. The number of aliphatic hydroxyl groups excluding tert-OH is 1. The highest BCUT2D eigenvalue weighted by atomic mass is 16.3. The lowest BCUT2D eigenvalue weighted by Gasteiger charge is -2.32. The largest absolute Gasteiger partial charge is 0.393 e. The quantitative estimate of drug-likeness (QED) is 0.684. The van der Waals surface area contributed by atoms with Crippen molar-refractivity contribution >= 4 is 11.6 Å². The predicted molar refractivity (Wildman–Crippen MR) is 58.8 cm³/mol. The van der Waals surface area contributed by atoms with Gasteiger partial charge in [-0.15, -0.1) is 0 Å². The molecule has 1 saturated carbocycles. The van der Waals surface area contributed by atoms with E-state index in [-0.39, 0.29) is 6.10 Å². The second-order valence-electron chi connectivity index (χ2n) is 3.79. The van der Waals surface area contributed by atoms with Crippen molar-refractivity contribution in [3.05, 3.63) is 12.4 Å². The molecule has 0 aliphatic heterocycles. The van der Waals surface area contributed by atoms with Crippen molar-refractivity contribution in [2.24, 2.45) is 0 Å². The number of nitrogens with zero attached hydrogens (tertiary/aromatic N) is 2. The third kappa shape index (κ3) is 2.56. The van der Waals surface area contributed by atoms with Crippen molar-refractivity contribution in [2.75, 3.05) is 17.2 Å². The van der Waals surface area contributed by atoms with Crippen molar-refractivity contribution < 1.29 is 5.11 Å². The summed E-state index contributed by atoms with van der Waals surface area (Å²) in [5.74, 6) is 1.65. The lowest BCUT2D eigenvalue weighted by Crippen LogP contribution is -2.39. The highest BCUT2D eigenvalue weighted by Gasteiger charge is 2.27. The van der Waals surface area contributed by atoms with Crippen LogP contribution in [0.5, 0.6) is 0 Å². The van der Waals surface area contributed by atoms with Crippen molar-refractivity contribution in [2.45, 2.75) is 31.9 Å². The number of hydrogen-bond acceptors (Lipinski definition) is 5. The van der Waals surface area contributed by atoms with Gasteiger partial charge < -0.3 is 15.7 Å². The first-order chi connectivity index (χ1) is 7.28. The number of hydrogen-bond donors (Lipinski definition) is 3. The minimum Gasteiger partial charge on any atom is -0.393 e. The second kappa shape index (κ2) is 4.44. The second-order valence-corrected chi connectivity index (χ2v) is 3.79. The predicted octanol–water partition coefficient (Wildman–Crippen LogP) is 0.844. The van der Waals surface area contributed by atoms with Crippen LogP contribution in [0.25, 0.3) is 0 Å². The summed E-state index contributed by atoms with van der Waals surface area (Å²) in [6.07, 6.45) is 3.01. The van der Waals surface area contributed by atoms with Crippen LogP contribution in [0.3, 0.4) is 0 Å². The van der Waals surface area contributed by atoms with E-state index in [4.69, 9.17) is 5.11 Å². The highest BCUT2D eigenvalue weighted by Crippen LogP contribution is 2.23. The molecule has 3 N–H and O–H groups in total. The molecule has 2 rings (SSSR count). The Morgan fingerprint density at radius 3 is 2.80 bits per heavy atom. The van der Waals surface area contributed by atoms with Gasteiger partial charge in [0.05, 0.1) is 6.10 Å². The van der Waals surface area contributed by atoms with E-state index in [1.807, 2.05) is 13.0 Å². The topological polar surface area (TPSA) is 70.1 Å². The van der Waals surface area contributed by atoms with Crippen LogP contribution in [0.2, 0.25) is 0 Å². The molecule has 0 spiro atoms. The molecule has 0 unspecified atom stereocenters. The van der Waals surface area contributed by atoms with Gasteiger partial charge in [0.25, 0.3) is 0 Å². The SMILES string of the molecule is CCNc1cc(NC2CC(O)C2)ncn1. The van der Waals surface area contributed by atoms with E-state index in [1.54, 1.807) is 0 Å². The molecule has 0 saturated heterocycles. The molecule has 1 fully saturated rings. The Hall–Kier alpha value is -1.36. The molecule has 1 heterocycles. The van der Waals surface area contributed by atoms with Crippen molar-refractivity contribution in [1.82, 2.24) is 9.97 Å². The summed E-state index contributed by atoms with van der Waals surface area (Å²) in [6, 6.07) is 2.23. The molecule has 1 aromatic rings. The fourth-order valence-corrected chi connectivity index (χ4v) is 1.63. The fourth-order valence-electron chi connectivity index (χ4n) is 1.63. The molecular weight excluding hydrogens is 192 g/mol. The van der Waals surface area contributed by atoms with Gasteiger partial charge in [-0.3, -0.25) is 0 Å². The van der Waals surface area contributed by atoms with Gasteiger partial charge in [-0.25, -0.2) is 9.97 Å². The maximum atomic E-state index is 9.15. The summed E-state index contributed by atoms with van der Waals surface area (Å²) in [7, 11) is 0. The average molecular weight is 208 g/mol. The molecule has 0 amide bonds. The van der Waals surface area contributed by atoms with Crippen LogP contribution < -0.4 is 10.6 Å². The van der Waals surface area contributed by atoms with Gasteiger partial charge in [-0.05, 0) is 19.8 Å². The minimum absolute atomic E-state index is 0.141. The molecule has 5 nitrogen and oxygen atoms in total. The monoisotopic (exact) mass is 208 g/mol. The maximum Gasteiger partial charge on any atom is 0.131 e. The zero-order valence-electron chi connectivity index (χ0n) is 8.77. The summed E-state index contributed by atoms with van der Waals surface area (Å²) in [5, 5.41) is 15.5. The van der Waals surface area contributed by atoms with Gasteiger partial charge >= 0.3 is 0 Å². The van der Waals surface area contributed by atoms with E-state index in [9.17, 15) is 0 Å². The summed E-state index contributed by atoms with van der Waals surface area (Å²) in [5.41, 5.74) is 0. The molecule has 0 atom stereocenters. The van der Waals surface area contributed by atoms with Crippen LogP contribution in [0.4, 0.5) is 11.6 Å². The molecular formula is C10H16N4O.